The van der Waals surface area contributed by atoms with Crippen LogP contribution >= 0.6 is 0 Å². The van der Waals surface area contributed by atoms with Crippen LogP contribution in [0.25, 0.3) is 44.4 Å². The summed E-state index contributed by atoms with van der Waals surface area (Å²) in [6.07, 6.45) is 5.45. The quantitative estimate of drug-likeness (QED) is 0.220. The monoisotopic (exact) mass is 538 g/mol. The molecule has 0 saturated heterocycles. The minimum atomic E-state index is -0.334. The number of aromatic nitrogens is 4. The molecule has 0 unspecified atom stereocenters. The van der Waals surface area contributed by atoms with Gasteiger partial charge in [-0.25, -0.2) is 14.1 Å². The molecule has 4 aromatic carbocycles. The van der Waals surface area contributed by atoms with Crippen LogP contribution in [0.3, 0.4) is 0 Å². The Balaban J connectivity index is 1.25. The molecule has 0 fully saturated rings. The first-order valence-electron chi connectivity index (χ1n) is 13.5. The van der Waals surface area contributed by atoms with Crippen LogP contribution in [0.1, 0.15) is 16.7 Å². The van der Waals surface area contributed by atoms with Crippen LogP contribution in [0.2, 0.25) is 0 Å². The van der Waals surface area contributed by atoms with E-state index in [0.717, 1.165) is 33.1 Å². The normalized spacial score (nSPS) is 11.4. The van der Waals surface area contributed by atoms with E-state index < -0.39 is 0 Å². The maximum Gasteiger partial charge on any atom is 0.140 e. The van der Waals surface area contributed by atoms with E-state index in [9.17, 15) is 4.39 Å². The van der Waals surface area contributed by atoms with Crippen molar-refractivity contribution in [2.75, 3.05) is 0 Å². The molecule has 0 aliphatic rings. The van der Waals surface area contributed by atoms with Gasteiger partial charge in [0.2, 0.25) is 0 Å². The van der Waals surface area contributed by atoms with Crippen molar-refractivity contribution in [2.45, 2.75) is 20.8 Å². The van der Waals surface area contributed by atoms with Crippen molar-refractivity contribution >= 4 is 21.8 Å². The fourth-order valence-electron chi connectivity index (χ4n) is 5.83. The topological polar surface area (TPSA) is 44.9 Å². The predicted octanol–water partition coefficient (Wildman–Crippen LogP) is 8.89. The van der Waals surface area contributed by atoms with Gasteiger partial charge in [-0.1, -0.05) is 42.0 Å². The second kappa shape index (κ2) is 9.75. The lowest BCUT2D eigenvalue weighted by atomic mass is 9.96. The number of nitrogens with zero attached hydrogens (tertiary/aromatic N) is 4. The van der Waals surface area contributed by atoms with Crippen molar-refractivity contribution in [3.05, 3.63) is 132 Å². The average Bonchev–Trinajstić information content (AvgIpc) is 3.56. The first kappa shape index (κ1) is 24.8. The first-order chi connectivity index (χ1) is 19.9. The van der Waals surface area contributed by atoms with Gasteiger partial charge in [0.1, 0.15) is 23.1 Å². The van der Waals surface area contributed by atoms with E-state index in [0.29, 0.717) is 17.3 Å². The van der Waals surface area contributed by atoms with Crippen LogP contribution in [0.5, 0.6) is 11.5 Å². The third-order valence-electron chi connectivity index (χ3n) is 7.45. The highest BCUT2D eigenvalue weighted by Gasteiger charge is 2.15. The predicted molar refractivity (Wildman–Crippen MR) is 162 cm³/mol. The van der Waals surface area contributed by atoms with Crippen LogP contribution < -0.4 is 4.74 Å². The molecule has 3 heterocycles. The standard InChI is InChI=1S/C35H27FN4O/c1-22-15-23(2)35(24(3)16-22)25-20-38-39(21-25)27-7-6-8-28(18-27)41-29-11-12-31-30-9-4-5-10-32(30)40(33(31)19-29)34-17-26(36)13-14-37-34/h4-21H,1-3H3. The van der Waals surface area contributed by atoms with E-state index in [2.05, 4.69) is 55.2 Å². The van der Waals surface area contributed by atoms with Crippen LogP contribution in [0.15, 0.2) is 110 Å². The molecule has 7 rings (SSSR count). The molecule has 0 aliphatic carbocycles. The molecule has 3 aromatic heterocycles. The molecule has 5 nitrogen and oxygen atoms in total. The Morgan fingerprint density at radius 1 is 0.732 bits per heavy atom. The van der Waals surface area contributed by atoms with Gasteiger partial charge in [-0.2, -0.15) is 5.10 Å². The van der Waals surface area contributed by atoms with Gasteiger partial charge in [0.05, 0.1) is 22.9 Å². The molecular formula is C35H27FN4O. The van der Waals surface area contributed by atoms with Crippen molar-refractivity contribution in [1.82, 2.24) is 19.3 Å². The van der Waals surface area contributed by atoms with Crippen molar-refractivity contribution in [2.24, 2.45) is 0 Å². The van der Waals surface area contributed by atoms with Gasteiger partial charge >= 0.3 is 0 Å². The van der Waals surface area contributed by atoms with Crippen molar-refractivity contribution in [3.63, 3.8) is 0 Å². The van der Waals surface area contributed by atoms with Gasteiger partial charge in [0.25, 0.3) is 0 Å². The van der Waals surface area contributed by atoms with E-state index in [-0.39, 0.29) is 5.82 Å². The molecule has 7 aromatic rings. The number of halogens is 1. The van der Waals surface area contributed by atoms with Crippen molar-refractivity contribution < 1.29 is 9.13 Å². The first-order valence-corrected chi connectivity index (χ1v) is 13.5. The Labute approximate surface area is 237 Å². The number of ether oxygens (including phenoxy) is 1. The number of aryl methyl sites for hydroxylation is 3. The number of pyridine rings is 1. The summed E-state index contributed by atoms with van der Waals surface area (Å²) < 4.78 is 24.4. The van der Waals surface area contributed by atoms with Gasteiger partial charge in [-0.3, -0.25) is 4.57 Å². The summed E-state index contributed by atoms with van der Waals surface area (Å²) in [5, 5.41) is 6.76. The summed E-state index contributed by atoms with van der Waals surface area (Å²) in [6.45, 7) is 6.40. The Hall–Kier alpha value is -5.23. The Kier molecular flexibility index (Phi) is 5.89. The van der Waals surface area contributed by atoms with Crippen LogP contribution in [-0.4, -0.2) is 19.3 Å². The van der Waals surface area contributed by atoms with E-state index in [4.69, 9.17) is 4.74 Å². The van der Waals surface area contributed by atoms with Crippen molar-refractivity contribution in [3.8, 4) is 34.1 Å². The van der Waals surface area contributed by atoms with Gasteiger partial charge < -0.3 is 4.74 Å². The zero-order valence-corrected chi connectivity index (χ0v) is 23.0. The van der Waals surface area contributed by atoms with E-state index in [1.165, 1.54) is 40.6 Å². The molecule has 0 saturated carbocycles. The Bertz CT molecular complexity index is 2070. The molecular weight excluding hydrogens is 511 g/mol. The van der Waals surface area contributed by atoms with Gasteiger partial charge in [-0.15, -0.1) is 0 Å². The number of fused-ring (bicyclic) bond motifs is 3. The summed E-state index contributed by atoms with van der Waals surface area (Å²) in [7, 11) is 0. The molecule has 6 heteroatoms. The number of hydrogen-bond acceptors (Lipinski definition) is 3. The molecule has 200 valence electrons. The number of benzene rings is 4. The smallest absolute Gasteiger partial charge is 0.140 e. The maximum absolute atomic E-state index is 14.2. The third kappa shape index (κ3) is 4.43. The van der Waals surface area contributed by atoms with E-state index in [1.54, 1.807) is 0 Å². The number of para-hydroxylation sites is 1. The largest absolute Gasteiger partial charge is 0.457 e. The van der Waals surface area contributed by atoms with E-state index in [1.807, 2.05) is 76.1 Å². The molecule has 0 aliphatic heterocycles. The average molecular weight is 539 g/mol. The zero-order chi connectivity index (χ0) is 28.1. The lowest BCUT2D eigenvalue weighted by Crippen LogP contribution is -1.98. The maximum atomic E-state index is 14.2. The highest BCUT2D eigenvalue weighted by Crippen LogP contribution is 2.35. The lowest BCUT2D eigenvalue weighted by molar-refractivity contribution is 0.483. The minimum Gasteiger partial charge on any atom is -0.457 e. The summed E-state index contributed by atoms with van der Waals surface area (Å²) >= 11 is 0. The fourth-order valence-corrected chi connectivity index (χ4v) is 5.83. The molecule has 41 heavy (non-hydrogen) atoms. The number of hydrogen-bond donors (Lipinski definition) is 0. The highest BCUT2D eigenvalue weighted by atomic mass is 19.1. The summed E-state index contributed by atoms with van der Waals surface area (Å²) in [4.78, 5) is 4.45. The minimum absolute atomic E-state index is 0.334. The van der Waals surface area contributed by atoms with Crippen molar-refractivity contribution in [1.29, 1.82) is 0 Å². The van der Waals surface area contributed by atoms with Crippen LogP contribution in [0.4, 0.5) is 4.39 Å². The zero-order valence-electron chi connectivity index (χ0n) is 23.0. The molecule has 0 N–H and O–H groups in total. The molecule has 0 radical (unpaired) electrons. The fraction of sp³-hybridized carbons (Fsp3) is 0.0857. The molecule has 0 bridgehead atoms. The number of rotatable bonds is 5. The van der Waals surface area contributed by atoms with E-state index >= 15 is 0 Å². The Morgan fingerprint density at radius 2 is 1.51 bits per heavy atom. The SMILES string of the molecule is Cc1cc(C)c(-c2cnn(-c3cccc(Oc4ccc5c6ccccc6n(-c6cc(F)ccn6)c5c4)c3)c2)c(C)c1. The van der Waals surface area contributed by atoms with Gasteiger partial charge in [-0.05, 0) is 73.9 Å². The lowest BCUT2D eigenvalue weighted by Gasteiger charge is -2.10. The van der Waals surface area contributed by atoms with Crippen LogP contribution in [-0.2, 0) is 0 Å². The van der Waals surface area contributed by atoms with Crippen LogP contribution in [0, 0.1) is 26.6 Å². The molecule has 0 atom stereocenters. The highest BCUT2D eigenvalue weighted by molar-refractivity contribution is 6.09. The summed E-state index contributed by atoms with van der Waals surface area (Å²) in [6, 6.07) is 29.1. The van der Waals surface area contributed by atoms with Gasteiger partial charge in [0.15, 0.2) is 0 Å². The molecule has 0 spiro atoms. The second-order valence-electron chi connectivity index (χ2n) is 10.4. The Morgan fingerprint density at radius 3 is 2.34 bits per heavy atom. The van der Waals surface area contributed by atoms with Gasteiger partial charge in [0, 0.05) is 46.9 Å². The summed E-state index contributed by atoms with van der Waals surface area (Å²) in [5.41, 5.74) is 8.76. The third-order valence-corrected chi connectivity index (χ3v) is 7.45. The summed E-state index contributed by atoms with van der Waals surface area (Å²) in [5.74, 6) is 1.54. The second-order valence-corrected chi connectivity index (χ2v) is 10.4. The molecule has 0 amide bonds.